The number of benzene rings is 3. The quantitative estimate of drug-likeness (QED) is 0.201. The van der Waals surface area contributed by atoms with Crippen LogP contribution in [0.5, 0.6) is 5.75 Å². The molecular formula is C29H27ClF2N2O4. The molecule has 1 unspecified atom stereocenters. The number of Topliss-reactive ketones (excluding diaryl/α,β-unsaturated/α-hetero) is 1. The SMILES string of the molecule is CCOc1cc(/C(O)=C2\C(=O)C(=O)N(c3ccc(F)c(F)c3)C2c2ccc(N(CC)CC)cc2)ccc1Cl. The fourth-order valence-electron chi connectivity index (χ4n) is 4.58. The second-order valence-electron chi connectivity index (χ2n) is 8.61. The van der Waals surface area contributed by atoms with E-state index in [9.17, 15) is 23.5 Å². The van der Waals surface area contributed by atoms with E-state index in [2.05, 4.69) is 4.90 Å². The number of ketones is 1. The van der Waals surface area contributed by atoms with Crippen molar-refractivity contribution < 1.29 is 28.2 Å². The van der Waals surface area contributed by atoms with Crippen molar-refractivity contribution in [3.63, 3.8) is 0 Å². The molecule has 0 bridgehead atoms. The molecule has 0 radical (unpaired) electrons. The molecule has 0 spiro atoms. The zero-order valence-electron chi connectivity index (χ0n) is 21.2. The Bertz CT molecular complexity index is 1400. The minimum Gasteiger partial charge on any atom is -0.507 e. The Morgan fingerprint density at radius 3 is 2.26 bits per heavy atom. The number of carbonyl (C=O) groups is 2. The van der Waals surface area contributed by atoms with Crippen molar-refractivity contribution in [2.45, 2.75) is 26.8 Å². The van der Waals surface area contributed by atoms with E-state index >= 15 is 0 Å². The smallest absolute Gasteiger partial charge is 0.300 e. The summed E-state index contributed by atoms with van der Waals surface area (Å²) in [7, 11) is 0. The second-order valence-corrected chi connectivity index (χ2v) is 9.02. The van der Waals surface area contributed by atoms with Crippen LogP contribution >= 0.6 is 11.6 Å². The molecule has 9 heteroatoms. The number of halogens is 3. The van der Waals surface area contributed by atoms with Gasteiger partial charge in [-0.05, 0) is 68.8 Å². The Labute approximate surface area is 224 Å². The van der Waals surface area contributed by atoms with E-state index < -0.39 is 35.1 Å². The first-order valence-electron chi connectivity index (χ1n) is 12.2. The van der Waals surface area contributed by atoms with E-state index in [1.165, 1.54) is 24.3 Å². The third kappa shape index (κ3) is 4.96. The molecule has 1 aliphatic rings. The van der Waals surface area contributed by atoms with Gasteiger partial charge in [-0.15, -0.1) is 0 Å². The summed E-state index contributed by atoms with van der Waals surface area (Å²) >= 11 is 6.19. The average molecular weight is 541 g/mol. The molecule has 4 rings (SSSR count). The summed E-state index contributed by atoms with van der Waals surface area (Å²) in [6, 6.07) is 13.6. The van der Waals surface area contributed by atoms with E-state index in [1.807, 2.05) is 26.0 Å². The maximum absolute atomic E-state index is 14.2. The lowest BCUT2D eigenvalue weighted by Gasteiger charge is -2.27. The summed E-state index contributed by atoms with van der Waals surface area (Å²) < 4.78 is 33.4. The van der Waals surface area contributed by atoms with E-state index in [0.29, 0.717) is 22.9 Å². The topological polar surface area (TPSA) is 70.1 Å². The Balaban J connectivity index is 1.91. The van der Waals surface area contributed by atoms with Crippen LogP contribution in [0.4, 0.5) is 20.2 Å². The molecule has 1 atom stereocenters. The molecule has 1 aliphatic heterocycles. The summed E-state index contributed by atoms with van der Waals surface area (Å²) in [5.74, 6) is -4.33. The molecule has 198 valence electrons. The van der Waals surface area contributed by atoms with Crippen LogP contribution in [0, 0.1) is 11.6 Å². The Hall–Kier alpha value is -3.91. The number of aliphatic hydroxyl groups excluding tert-OH is 1. The van der Waals surface area contributed by atoms with Gasteiger partial charge in [0.15, 0.2) is 11.6 Å². The van der Waals surface area contributed by atoms with Crippen LogP contribution in [-0.2, 0) is 9.59 Å². The number of aliphatic hydroxyl groups is 1. The summed E-state index contributed by atoms with van der Waals surface area (Å²) in [5.41, 5.74) is 1.44. The lowest BCUT2D eigenvalue weighted by molar-refractivity contribution is -0.132. The summed E-state index contributed by atoms with van der Waals surface area (Å²) in [6.07, 6.45) is 0. The Morgan fingerprint density at radius 2 is 1.66 bits per heavy atom. The van der Waals surface area contributed by atoms with Gasteiger partial charge >= 0.3 is 0 Å². The molecule has 0 aromatic heterocycles. The molecule has 1 fully saturated rings. The van der Waals surface area contributed by atoms with Crippen LogP contribution < -0.4 is 14.5 Å². The summed E-state index contributed by atoms with van der Waals surface area (Å²) in [4.78, 5) is 29.8. The number of hydrogen-bond acceptors (Lipinski definition) is 5. The van der Waals surface area contributed by atoms with Gasteiger partial charge in [0.2, 0.25) is 0 Å². The minimum absolute atomic E-state index is 0.0195. The molecule has 0 aliphatic carbocycles. The van der Waals surface area contributed by atoms with Crippen molar-refractivity contribution in [2.24, 2.45) is 0 Å². The first kappa shape index (κ1) is 27.1. The van der Waals surface area contributed by atoms with E-state index in [-0.39, 0.29) is 16.8 Å². The van der Waals surface area contributed by atoms with Gasteiger partial charge in [-0.3, -0.25) is 14.5 Å². The average Bonchev–Trinajstić information content (AvgIpc) is 3.18. The third-order valence-electron chi connectivity index (χ3n) is 6.47. The van der Waals surface area contributed by atoms with Crippen LogP contribution in [0.1, 0.15) is 37.9 Å². The van der Waals surface area contributed by atoms with E-state index in [1.54, 1.807) is 19.1 Å². The van der Waals surface area contributed by atoms with Crippen molar-refractivity contribution in [3.05, 3.63) is 94.0 Å². The van der Waals surface area contributed by atoms with Gasteiger partial charge in [0.25, 0.3) is 11.7 Å². The van der Waals surface area contributed by atoms with Gasteiger partial charge in [-0.1, -0.05) is 23.7 Å². The van der Waals surface area contributed by atoms with Crippen molar-refractivity contribution >= 4 is 40.4 Å². The maximum atomic E-state index is 14.2. The zero-order chi connectivity index (χ0) is 27.6. The Kier molecular flexibility index (Phi) is 8.02. The molecule has 3 aromatic rings. The van der Waals surface area contributed by atoms with E-state index in [4.69, 9.17) is 16.3 Å². The highest BCUT2D eigenvalue weighted by Crippen LogP contribution is 2.43. The van der Waals surface area contributed by atoms with Crippen molar-refractivity contribution in [2.75, 3.05) is 29.5 Å². The number of carbonyl (C=O) groups excluding carboxylic acids is 2. The van der Waals surface area contributed by atoms with Gasteiger partial charge in [0.05, 0.1) is 23.2 Å². The number of nitrogens with zero attached hydrogens (tertiary/aromatic N) is 2. The highest BCUT2D eigenvalue weighted by atomic mass is 35.5. The van der Waals surface area contributed by atoms with Crippen LogP contribution in [-0.4, -0.2) is 36.5 Å². The summed E-state index contributed by atoms with van der Waals surface area (Å²) in [5, 5.41) is 11.7. The molecule has 6 nitrogen and oxygen atoms in total. The van der Waals surface area contributed by atoms with Crippen LogP contribution in [0.15, 0.2) is 66.2 Å². The molecule has 38 heavy (non-hydrogen) atoms. The molecule has 3 aromatic carbocycles. The number of rotatable bonds is 8. The first-order chi connectivity index (χ1) is 18.2. The number of anilines is 2. The predicted octanol–water partition coefficient (Wildman–Crippen LogP) is 6.49. The third-order valence-corrected chi connectivity index (χ3v) is 6.78. The molecule has 1 heterocycles. The van der Waals surface area contributed by atoms with Gasteiger partial charge in [0.1, 0.15) is 11.5 Å². The highest BCUT2D eigenvalue weighted by Gasteiger charge is 2.47. The van der Waals surface area contributed by atoms with Gasteiger partial charge < -0.3 is 14.7 Å². The Morgan fingerprint density at radius 1 is 0.974 bits per heavy atom. The highest BCUT2D eigenvalue weighted by molar-refractivity contribution is 6.51. The number of ether oxygens (including phenoxy) is 1. The summed E-state index contributed by atoms with van der Waals surface area (Å²) in [6.45, 7) is 7.71. The molecule has 1 amide bonds. The largest absolute Gasteiger partial charge is 0.507 e. The fourth-order valence-corrected chi connectivity index (χ4v) is 4.75. The number of amides is 1. The molecule has 1 N–H and O–H groups in total. The van der Waals surface area contributed by atoms with Crippen molar-refractivity contribution in [3.8, 4) is 5.75 Å². The van der Waals surface area contributed by atoms with Crippen molar-refractivity contribution in [1.29, 1.82) is 0 Å². The maximum Gasteiger partial charge on any atom is 0.300 e. The zero-order valence-corrected chi connectivity index (χ0v) is 21.9. The first-order valence-corrected chi connectivity index (χ1v) is 12.6. The lowest BCUT2D eigenvalue weighted by Crippen LogP contribution is -2.29. The molecular weight excluding hydrogens is 514 g/mol. The van der Waals surface area contributed by atoms with Crippen LogP contribution in [0.3, 0.4) is 0 Å². The minimum atomic E-state index is -1.17. The molecule has 0 saturated carbocycles. The predicted molar refractivity (Wildman–Crippen MR) is 144 cm³/mol. The number of hydrogen-bond donors (Lipinski definition) is 1. The normalized spacial score (nSPS) is 16.7. The van der Waals surface area contributed by atoms with Crippen LogP contribution in [0.2, 0.25) is 5.02 Å². The van der Waals surface area contributed by atoms with Crippen LogP contribution in [0.25, 0.3) is 5.76 Å². The second kappa shape index (κ2) is 11.2. The van der Waals surface area contributed by atoms with Gasteiger partial charge in [-0.2, -0.15) is 0 Å². The van der Waals surface area contributed by atoms with E-state index in [0.717, 1.165) is 35.8 Å². The van der Waals surface area contributed by atoms with Gasteiger partial charge in [0, 0.05) is 36.1 Å². The van der Waals surface area contributed by atoms with Gasteiger partial charge in [-0.25, -0.2) is 8.78 Å². The fraction of sp³-hybridized carbons (Fsp3) is 0.241. The molecule has 1 saturated heterocycles. The standard InChI is InChI=1S/C29H27ClF2N2O4/c1-4-33(5-2)19-10-7-17(8-11-19)26-25(27(35)18-9-13-21(30)24(15-18)38-6-3)28(36)29(37)34(26)20-12-14-22(31)23(32)16-20/h7-16,26,35H,4-6H2,1-3H3/b27-25+. The monoisotopic (exact) mass is 540 g/mol. The lowest BCUT2D eigenvalue weighted by atomic mass is 9.94. The van der Waals surface area contributed by atoms with Crippen molar-refractivity contribution in [1.82, 2.24) is 0 Å².